The van der Waals surface area contributed by atoms with Gasteiger partial charge in [0.1, 0.15) is 47.2 Å². The van der Waals surface area contributed by atoms with Gasteiger partial charge in [-0.25, -0.2) is 4.79 Å². The normalized spacial score (nSPS) is 24.3. The van der Waals surface area contributed by atoms with Crippen LogP contribution in [0.15, 0.2) is 46.1 Å². The molecule has 0 unspecified atom stereocenters. The molecule has 188 valence electrons. The maximum absolute atomic E-state index is 13.2. The van der Waals surface area contributed by atoms with Gasteiger partial charge in [-0.2, -0.15) is 0 Å². The predicted molar refractivity (Wildman–Crippen MR) is 134 cm³/mol. The van der Waals surface area contributed by atoms with Crippen LogP contribution in [0, 0.1) is 0 Å². The fourth-order valence-electron chi connectivity index (χ4n) is 5.01. The molecule has 0 bridgehead atoms. The standard InChI is InChI=1S/C27H26O9/c1-5-12-8-15-19(17(9-12)33-3)14-10-18(34-4)21-16(28)7-6-13(20(21)25(14)36-27(15)32)26-24(31)23(30)22(29)11(2)35-26/h5-11,22-24,26,28-31H,1H2,2-4H3/t11-,22+,23+,24-,26+/m1/s1. The van der Waals surface area contributed by atoms with Crippen LogP contribution >= 0.6 is 0 Å². The number of aliphatic hydroxyl groups excluding tert-OH is 3. The van der Waals surface area contributed by atoms with Crippen LogP contribution in [0.3, 0.4) is 0 Å². The lowest BCUT2D eigenvalue weighted by Gasteiger charge is -2.40. The smallest absolute Gasteiger partial charge is 0.344 e. The minimum atomic E-state index is -1.50. The van der Waals surface area contributed by atoms with Crippen LogP contribution in [0.4, 0.5) is 0 Å². The van der Waals surface area contributed by atoms with Gasteiger partial charge in [0.15, 0.2) is 0 Å². The van der Waals surface area contributed by atoms with Gasteiger partial charge in [0, 0.05) is 16.2 Å². The third-order valence-electron chi connectivity index (χ3n) is 6.85. The van der Waals surface area contributed by atoms with Crippen molar-refractivity contribution < 1.29 is 39.1 Å². The quantitative estimate of drug-likeness (QED) is 0.249. The van der Waals surface area contributed by atoms with E-state index >= 15 is 0 Å². The molecule has 1 aliphatic rings. The number of aliphatic hydroxyl groups is 3. The zero-order valence-electron chi connectivity index (χ0n) is 19.9. The number of phenols is 1. The number of phenolic OH excluding ortho intramolecular Hbond substituents is 1. The minimum Gasteiger partial charge on any atom is -0.507 e. The molecule has 0 amide bonds. The lowest BCUT2D eigenvalue weighted by atomic mass is 9.88. The Morgan fingerprint density at radius 2 is 1.61 bits per heavy atom. The number of hydrogen-bond acceptors (Lipinski definition) is 9. The van der Waals surface area contributed by atoms with Gasteiger partial charge >= 0.3 is 5.63 Å². The Morgan fingerprint density at radius 3 is 2.28 bits per heavy atom. The van der Waals surface area contributed by atoms with Crippen LogP contribution in [0.2, 0.25) is 0 Å². The van der Waals surface area contributed by atoms with Crippen molar-refractivity contribution in [3.63, 3.8) is 0 Å². The Morgan fingerprint density at radius 1 is 0.917 bits per heavy atom. The first-order valence-electron chi connectivity index (χ1n) is 11.3. The molecule has 5 atom stereocenters. The molecule has 3 aromatic carbocycles. The highest BCUT2D eigenvalue weighted by atomic mass is 16.5. The summed E-state index contributed by atoms with van der Waals surface area (Å²) in [6, 6.07) is 7.94. The second kappa shape index (κ2) is 8.79. The van der Waals surface area contributed by atoms with Crippen molar-refractivity contribution in [1.29, 1.82) is 0 Å². The second-order valence-corrected chi connectivity index (χ2v) is 8.85. The van der Waals surface area contributed by atoms with E-state index in [1.807, 2.05) is 0 Å². The van der Waals surface area contributed by atoms with Crippen molar-refractivity contribution in [1.82, 2.24) is 0 Å². The first-order chi connectivity index (χ1) is 17.2. The van der Waals surface area contributed by atoms with Crippen molar-refractivity contribution in [3.8, 4) is 17.2 Å². The van der Waals surface area contributed by atoms with Crippen molar-refractivity contribution in [2.75, 3.05) is 14.2 Å². The highest BCUT2D eigenvalue weighted by Gasteiger charge is 2.43. The van der Waals surface area contributed by atoms with Crippen LogP contribution in [0.1, 0.15) is 24.2 Å². The lowest BCUT2D eigenvalue weighted by molar-refractivity contribution is -0.219. The molecule has 9 nitrogen and oxygen atoms in total. The van der Waals surface area contributed by atoms with Crippen LogP contribution in [-0.2, 0) is 4.74 Å². The molecule has 4 N–H and O–H groups in total. The SMILES string of the molecule is C=Cc1cc(OC)c2c(c1)c(=O)oc1c2cc(OC)c2c(O)ccc([C@@H]3O[C@H](C)[C@H](O)[C@H](O)[C@H]3O)c21. The monoisotopic (exact) mass is 494 g/mol. The van der Waals surface area contributed by atoms with Crippen molar-refractivity contribution in [3.05, 3.63) is 58.5 Å². The Labute approximate surface area is 205 Å². The van der Waals surface area contributed by atoms with Crippen molar-refractivity contribution in [2.45, 2.75) is 37.4 Å². The van der Waals surface area contributed by atoms with E-state index in [0.717, 1.165) is 0 Å². The molecule has 2 heterocycles. The Bertz CT molecular complexity index is 1570. The van der Waals surface area contributed by atoms with Crippen molar-refractivity contribution in [2.24, 2.45) is 0 Å². The third kappa shape index (κ3) is 3.43. The van der Waals surface area contributed by atoms with E-state index in [2.05, 4.69) is 6.58 Å². The fraction of sp³-hybridized carbons (Fsp3) is 0.296. The molecule has 0 aliphatic carbocycles. The van der Waals surface area contributed by atoms with Crippen LogP contribution < -0.4 is 15.1 Å². The molecular formula is C27H26O9. The summed E-state index contributed by atoms with van der Waals surface area (Å²) in [5, 5.41) is 43.9. The average molecular weight is 494 g/mol. The number of fused-ring (bicyclic) bond motifs is 5. The molecule has 0 spiro atoms. The molecule has 1 aromatic heterocycles. The Kier molecular flexibility index (Phi) is 5.88. The topological polar surface area (TPSA) is 139 Å². The van der Waals surface area contributed by atoms with Gasteiger partial charge < -0.3 is 39.1 Å². The molecule has 1 aliphatic heterocycles. The molecule has 4 aromatic rings. The van der Waals surface area contributed by atoms with Crippen LogP contribution in [0.5, 0.6) is 17.2 Å². The Hall–Kier alpha value is -3.63. The van der Waals surface area contributed by atoms with E-state index in [0.29, 0.717) is 27.6 Å². The summed E-state index contributed by atoms with van der Waals surface area (Å²) < 4.78 is 22.9. The summed E-state index contributed by atoms with van der Waals surface area (Å²) in [7, 11) is 2.92. The van der Waals surface area contributed by atoms with Crippen LogP contribution in [0.25, 0.3) is 38.6 Å². The minimum absolute atomic E-state index is 0.114. The van der Waals surface area contributed by atoms with Gasteiger partial charge in [-0.3, -0.25) is 0 Å². The number of rotatable bonds is 4. The first kappa shape index (κ1) is 24.1. The van der Waals surface area contributed by atoms with Gasteiger partial charge in [0.05, 0.1) is 31.1 Å². The van der Waals surface area contributed by atoms with E-state index in [1.54, 1.807) is 31.2 Å². The van der Waals surface area contributed by atoms with Crippen LogP contribution in [-0.4, -0.2) is 59.1 Å². The first-order valence-corrected chi connectivity index (χ1v) is 11.3. The van der Waals surface area contributed by atoms with Gasteiger partial charge in [-0.15, -0.1) is 0 Å². The van der Waals surface area contributed by atoms with E-state index in [9.17, 15) is 25.2 Å². The summed E-state index contributed by atoms with van der Waals surface area (Å²) in [5.41, 5.74) is 0.468. The summed E-state index contributed by atoms with van der Waals surface area (Å²) in [6.07, 6.45) is -4.60. The van der Waals surface area contributed by atoms with Gasteiger partial charge in [0.2, 0.25) is 0 Å². The molecule has 0 saturated carbocycles. The molecular weight excluding hydrogens is 468 g/mol. The van der Waals surface area contributed by atoms with E-state index in [4.69, 9.17) is 18.6 Å². The number of benzene rings is 3. The maximum Gasteiger partial charge on any atom is 0.344 e. The summed E-state index contributed by atoms with van der Waals surface area (Å²) >= 11 is 0. The molecule has 1 saturated heterocycles. The molecule has 1 fully saturated rings. The summed E-state index contributed by atoms with van der Waals surface area (Å²) in [6.45, 7) is 5.33. The second-order valence-electron chi connectivity index (χ2n) is 8.85. The summed E-state index contributed by atoms with van der Waals surface area (Å²) in [4.78, 5) is 13.2. The highest BCUT2D eigenvalue weighted by molar-refractivity contribution is 6.19. The van der Waals surface area contributed by atoms with Gasteiger partial charge in [-0.05, 0) is 42.3 Å². The number of aromatic hydroxyl groups is 1. The lowest BCUT2D eigenvalue weighted by Crippen LogP contribution is -2.53. The molecule has 5 rings (SSSR count). The number of methoxy groups -OCH3 is 2. The zero-order chi connectivity index (χ0) is 25.9. The predicted octanol–water partition coefficient (Wildman–Crippen LogP) is 3.01. The Balaban J connectivity index is 1.97. The largest absolute Gasteiger partial charge is 0.507 e. The number of hydrogen-bond donors (Lipinski definition) is 4. The zero-order valence-corrected chi connectivity index (χ0v) is 19.9. The average Bonchev–Trinajstić information content (AvgIpc) is 2.89. The van der Waals surface area contributed by atoms with E-state index < -0.39 is 36.1 Å². The highest BCUT2D eigenvalue weighted by Crippen LogP contribution is 2.47. The fourth-order valence-corrected chi connectivity index (χ4v) is 5.01. The van der Waals surface area contributed by atoms with Gasteiger partial charge in [-0.1, -0.05) is 18.7 Å². The van der Waals surface area contributed by atoms with E-state index in [1.165, 1.54) is 26.4 Å². The molecule has 0 radical (unpaired) electrons. The number of ether oxygens (including phenoxy) is 3. The molecule has 36 heavy (non-hydrogen) atoms. The maximum atomic E-state index is 13.2. The molecule has 9 heteroatoms. The van der Waals surface area contributed by atoms with Crippen molar-refractivity contribution >= 4 is 38.6 Å². The van der Waals surface area contributed by atoms with Gasteiger partial charge in [0.25, 0.3) is 0 Å². The summed E-state index contributed by atoms with van der Waals surface area (Å²) in [5.74, 6) is 0.536. The van der Waals surface area contributed by atoms with E-state index in [-0.39, 0.29) is 33.2 Å². The third-order valence-corrected chi connectivity index (χ3v) is 6.85.